The van der Waals surface area contributed by atoms with Gasteiger partial charge in [-0.1, -0.05) is 23.4 Å². The summed E-state index contributed by atoms with van der Waals surface area (Å²) in [7, 11) is 1.19. The lowest BCUT2D eigenvalue weighted by atomic mass is 10.0. The third kappa shape index (κ3) is 7.76. The van der Waals surface area contributed by atoms with E-state index in [0.29, 0.717) is 19.6 Å². The van der Waals surface area contributed by atoms with Gasteiger partial charge in [-0.15, -0.1) is 11.6 Å². The number of nitriles is 1. The Morgan fingerprint density at radius 1 is 1.33 bits per heavy atom. The van der Waals surface area contributed by atoms with Crippen LogP contribution in [0.1, 0.15) is 24.5 Å². The molecule has 12 heteroatoms. The maximum absolute atomic E-state index is 12.1. The molecule has 0 aliphatic carbocycles. The monoisotopic (exact) mass is 479 g/mol. The number of amides is 4. The molecular weight excluding hydrogens is 454 g/mol. The number of carbonyl (C=O) groups is 4. The number of ether oxygens (including phenoxy) is 1. The summed E-state index contributed by atoms with van der Waals surface area (Å²) in [4.78, 5) is 51.5. The quantitative estimate of drug-likeness (QED) is 0.272. The zero-order valence-corrected chi connectivity index (χ0v) is 19.6. The van der Waals surface area contributed by atoms with Crippen LogP contribution >= 0.6 is 11.6 Å². The van der Waals surface area contributed by atoms with E-state index in [1.165, 1.54) is 18.1 Å². The van der Waals surface area contributed by atoms with Gasteiger partial charge in [0.15, 0.2) is 0 Å². The van der Waals surface area contributed by atoms with Crippen LogP contribution in [0, 0.1) is 25.2 Å². The smallest absolute Gasteiger partial charge is 0.329 e. The third-order valence-corrected chi connectivity index (χ3v) is 4.58. The SMILES string of the molecule is CCNC(=O)NC(=O)/C(C#N)=N/OC.Cc1cccc(C)c1N(C(=O)CCl)C1CCOC1=O. The third-order valence-electron chi connectivity index (χ3n) is 4.35. The van der Waals surface area contributed by atoms with Crippen LogP contribution in [-0.4, -0.2) is 61.7 Å². The lowest BCUT2D eigenvalue weighted by Crippen LogP contribution is -2.44. The van der Waals surface area contributed by atoms with Crippen molar-refractivity contribution in [3.63, 3.8) is 0 Å². The molecule has 1 aliphatic heterocycles. The molecule has 1 heterocycles. The highest BCUT2D eigenvalue weighted by atomic mass is 35.5. The van der Waals surface area contributed by atoms with E-state index in [4.69, 9.17) is 21.6 Å². The van der Waals surface area contributed by atoms with Crippen LogP contribution in [0.25, 0.3) is 0 Å². The summed E-state index contributed by atoms with van der Waals surface area (Å²) in [6.07, 6.45) is 0.509. The number of para-hydroxylation sites is 1. The number of urea groups is 1. The lowest BCUT2D eigenvalue weighted by Gasteiger charge is -2.28. The molecule has 1 aromatic rings. The Morgan fingerprint density at radius 3 is 2.42 bits per heavy atom. The summed E-state index contributed by atoms with van der Waals surface area (Å²) in [5.74, 6) is -1.69. The number of nitrogens with zero attached hydrogens (tertiary/aromatic N) is 3. The average molecular weight is 480 g/mol. The summed E-state index contributed by atoms with van der Waals surface area (Å²) in [5.41, 5.74) is 2.13. The van der Waals surface area contributed by atoms with Crippen LogP contribution in [0.3, 0.4) is 0 Å². The number of esters is 1. The van der Waals surface area contributed by atoms with Crippen LogP contribution in [0.15, 0.2) is 23.4 Å². The van der Waals surface area contributed by atoms with Crippen LogP contribution in [0.5, 0.6) is 0 Å². The van der Waals surface area contributed by atoms with Gasteiger partial charge in [-0.2, -0.15) is 5.26 Å². The van der Waals surface area contributed by atoms with Gasteiger partial charge in [0, 0.05) is 13.0 Å². The Balaban J connectivity index is 0.000000349. The van der Waals surface area contributed by atoms with E-state index in [1.54, 1.807) is 6.92 Å². The summed E-state index contributed by atoms with van der Waals surface area (Å²) in [6.45, 7) is 6.25. The molecule has 1 fully saturated rings. The number of nitrogens with one attached hydrogen (secondary N) is 2. The van der Waals surface area contributed by atoms with Crippen LogP contribution in [0.4, 0.5) is 10.5 Å². The molecule has 11 nitrogen and oxygen atoms in total. The van der Waals surface area contributed by atoms with E-state index in [2.05, 4.69) is 15.3 Å². The van der Waals surface area contributed by atoms with Crippen LogP contribution in [-0.2, 0) is 24.0 Å². The summed E-state index contributed by atoms with van der Waals surface area (Å²) in [5, 5.41) is 15.8. The minimum atomic E-state index is -0.903. The molecule has 33 heavy (non-hydrogen) atoms. The Bertz CT molecular complexity index is 939. The molecule has 178 valence electrons. The predicted octanol–water partition coefficient (Wildman–Crippen LogP) is 1.55. The molecule has 0 saturated carbocycles. The van der Waals surface area contributed by atoms with Crippen molar-refractivity contribution in [1.82, 2.24) is 10.6 Å². The normalized spacial score (nSPS) is 14.7. The average Bonchev–Trinajstić information content (AvgIpc) is 3.20. The Morgan fingerprint density at radius 2 is 1.97 bits per heavy atom. The lowest BCUT2D eigenvalue weighted by molar-refractivity contribution is -0.140. The molecule has 1 aromatic carbocycles. The molecule has 0 spiro atoms. The first-order valence-corrected chi connectivity index (χ1v) is 10.5. The Hall–Kier alpha value is -3.65. The number of hydrogen-bond donors (Lipinski definition) is 2. The minimum Gasteiger partial charge on any atom is -0.464 e. The number of cyclic esters (lactones) is 1. The second-order valence-electron chi connectivity index (χ2n) is 6.66. The van der Waals surface area contributed by atoms with Crippen molar-refractivity contribution in [1.29, 1.82) is 5.26 Å². The minimum absolute atomic E-state index is 0.155. The zero-order valence-electron chi connectivity index (χ0n) is 18.8. The number of carbonyl (C=O) groups excluding carboxylic acids is 4. The molecule has 1 unspecified atom stereocenters. The van der Waals surface area contributed by atoms with Gasteiger partial charge in [-0.05, 0) is 31.9 Å². The predicted molar refractivity (Wildman–Crippen MR) is 121 cm³/mol. The van der Waals surface area contributed by atoms with Crippen LogP contribution < -0.4 is 15.5 Å². The Kier molecular flexibility index (Phi) is 11.4. The highest BCUT2D eigenvalue weighted by Crippen LogP contribution is 2.29. The van der Waals surface area contributed by atoms with E-state index in [0.717, 1.165) is 16.8 Å². The van der Waals surface area contributed by atoms with Crippen molar-refractivity contribution in [2.24, 2.45) is 5.16 Å². The maximum atomic E-state index is 12.1. The number of hydrogen-bond acceptors (Lipinski definition) is 8. The van der Waals surface area contributed by atoms with Crippen molar-refractivity contribution in [3.05, 3.63) is 29.3 Å². The van der Waals surface area contributed by atoms with Crippen molar-refractivity contribution < 1.29 is 28.8 Å². The molecule has 1 atom stereocenters. The summed E-state index contributed by atoms with van der Waals surface area (Å²) in [6, 6.07) is 5.98. The van der Waals surface area contributed by atoms with Gasteiger partial charge >= 0.3 is 12.0 Å². The molecule has 0 bridgehead atoms. The first-order valence-electron chi connectivity index (χ1n) is 9.93. The van der Waals surface area contributed by atoms with E-state index < -0.39 is 23.7 Å². The second-order valence-corrected chi connectivity index (χ2v) is 6.92. The number of oxime groups is 1. The van der Waals surface area contributed by atoms with Gasteiger partial charge in [0.05, 0.1) is 12.3 Å². The molecule has 2 N–H and O–H groups in total. The first-order chi connectivity index (χ1) is 15.7. The maximum Gasteiger partial charge on any atom is 0.329 e. The molecule has 2 rings (SSSR count). The number of halogens is 1. The topological polar surface area (TPSA) is 150 Å². The van der Waals surface area contributed by atoms with Crippen molar-refractivity contribution in [3.8, 4) is 6.07 Å². The number of aryl methyl sites for hydroxylation is 2. The van der Waals surface area contributed by atoms with Gasteiger partial charge in [0.2, 0.25) is 11.6 Å². The largest absolute Gasteiger partial charge is 0.464 e. The highest BCUT2D eigenvalue weighted by molar-refractivity contribution is 6.46. The van der Waals surface area contributed by atoms with E-state index in [9.17, 15) is 19.2 Å². The molecule has 0 radical (unpaired) electrons. The van der Waals surface area contributed by atoms with Crippen molar-refractivity contribution >= 4 is 46.8 Å². The molecule has 1 aliphatic rings. The van der Waals surface area contributed by atoms with Gasteiger partial charge in [-0.3, -0.25) is 19.8 Å². The highest BCUT2D eigenvalue weighted by Gasteiger charge is 2.37. The fourth-order valence-electron chi connectivity index (χ4n) is 3.00. The van der Waals surface area contributed by atoms with E-state index >= 15 is 0 Å². The van der Waals surface area contributed by atoms with Gasteiger partial charge in [0.1, 0.15) is 25.1 Å². The van der Waals surface area contributed by atoms with Gasteiger partial charge in [0.25, 0.3) is 5.91 Å². The number of alkyl halides is 1. The number of imide groups is 1. The summed E-state index contributed by atoms with van der Waals surface area (Å²) >= 11 is 5.68. The van der Waals surface area contributed by atoms with E-state index in [-0.39, 0.29) is 17.8 Å². The molecule has 1 saturated heterocycles. The molecule has 0 aromatic heterocycles. The molecule has 4 amide bonds. The fourth-order valence-corrected chi connectivity index (χ4v) is 3.12. The summed E-state index contributed by atoms with van der Waals surface area (Å²) < 4.78 is 4.97. The fraction of sp³-hybridized carbons (Fsp3) is 0.429. The van der Waals surface area contributed by atoms with Crippen LogP contribution in [0.2, 0.25) is 0 Å². The first kappa shape index (κ1) is 27.4. The second kappa shape index (κ2) is 13.7. The number of benzene rings is 1. The van der Waals surface area contributed by atoms with Gasteiger partial charge < -0.3 is 14.9 Å². The Labute approximate surface area is 196 Å². The standard InChI is InChI=1S/C14H16ClNO3.C7H10N4O3/c1-9-4-3-5-10(2)13(9)16(12(17)8-15)11-6-7-19-14(11)18;1-3-9-7(13)10-6(12)5(4-8)11-14-2/h3-5,11H,6-8H2,1-2H3;3H2,1-2H3,(H2,9,10,12,13)/b;11-5+. The van der Waals surface area contributed by atoms with Crippen molar-refractivity contribution in [2.45, 2.75) is 33.2 Å². The molecular formula is C21H26ClN5O6. The van der Waals surface area contributed by atoms with E-state index in [1.807, 2.05) is 37.4 Å². The number of anilines is 1. The van der Waals surface area contributed by atoms with Gasteiger partial charge in [-0.25, -0.2) is 9.59 Å². The number of rotatable bonds is 6. The zero-order chi connectivity index (χ0) is 25.0. The van der Waals surface area contributed by atoms with Crippen molar-refractivity contribution in [2.75, 3.05) is 31.0 Å².